The molecule has 0 bridgehead atoms. The third kappa shape index (κ3) is 4.14. The highest BCUT2D eigenvalue weighted by Crippen LogP contribution is 2.40. The van der Waals surface area contributed by atoms with Gasteiger partial charge in [-0.2, -0.15) is 5.26 Å². The average Bonchev–Trinajstić information content (AvgIpc) is 2.98. The Labute approximate surface area is 173 Å². The summed E-state index contributed by atoms with van der Waals surface area (Å²) in [5, 5.41) is 9.70. The standard InChI is InChI=1S/C23H30N4O2/c1-16-9-11-17(12-10-16)25(2)22(29)14-13-21(28)18(15-24)23-26(3)19-7-5-6-8-20(19)27(23)4/h5-8,16-17H,9-14H2,1-4H3. The first-order valence-electron chi connectivity index (χ1n) is 10.3. The van der Waals surface area contributed by atoms with Gasteiger partial charge in [-0.15, -0.1) is 0 Å². The lowest BCUT2D eigenvalue weighted by molar-refractivity contribution is -0.134. The van der Waals surface area contributed by atoms with Crippen LogP contribution in [0.3, 0.4) is 0 Å². The zero-order valence-electron chi connectivity index (χ0n) is 17.8. The number of hydrogen-bond acceptors (Lipinski definition) is 5. The van der Waals surface area contributed by atoms with Crippen LogP contribution in [-0.2, 0) is 9.59 Å². The molecule has 0 atom stereocenters. The van der Waals surface area contributed by atoms with Crippen LogP contribution >= 0.6 is 0 Å². The largest absolute Gasteiger partial charge is 0.343 e. The van der Waals surface area contributed by atoms with Crippen molar-refractivity contribution < 1.29 is 9.59 Å². The second kappa shape index (κ2) is 8.69. The van der Waals surface area contributed by atoms with Crippen molar-refractivity contribution in [2.75, 3.05) is 30.9 Å². The van der Waals surface area contributed by atoms with Crippen LogP contribution in [0.15, 0.2) is 35.7 Å². The number of hydrogen-bond donors (Lipinski definition) is 0. The van der Waals surface area contributed by atoms with E-state index >= 15 is 0 Å². The third-order valence-corrected chi connectivity index (χ3v) is 6.35. The van der Waals surface area contributed by atoms with E-state index in [-0.39, 0.29) is 36.1 Å². The Bertz CT molecular complexity index is 831. The molecule has 0 radical (unpaired) electrons. The number of nitrogens with zero attached hydrogens (tertiary/aromatic N) is 4. The normalized spacial score (nSPS) is 20.9. The molecule has 1 saturated carbocycles. The number of allylic oxidation sites excluding steroid dienone is 1. The Kier molecular flexibility index (Phi) is 6.26. The van der Waals surface area contributed by atoms with Gasteiger partial charge >= 0.3 is 0 Å². The number of ketones is 1. The van der Waals surface area contributed by atoms with Crippen LogP contribution < -0.4 is 9.80 Å². The van der Waals surface area contributed by atoms with Gasteiger partial charge in [0.2, 0.25) is 5.91 Å². The van der Waals surface area contributed by atoms with Crippen molar-refractivity contribution in [1.82, 2.24) is 4.90 Å². The number of benzene rings is 1. The molecular formula is C23H30N4O2. The van der Waals surface area contributed by atoms with Crippen LogP contribution in [0.5, 0.6) is 0 Å². The topological polar surface area (TPSA) is 67.6 Å². The van der Waals surface area contributed by atoms with Crippen LogP contribution in [0.1, 0.15) is 45.4 Å². The number of fused-ring (bicyclic) bond motifs is 1. The predicted molar refractivity (Wildman–Crippen MR) is 114 cm³/mol. The van der Waals surface area contributed by atoms with Gasteiger partial charge < -0.3 is 14.7 Å². The molecule has 0 unspecified atom stereocenters. The molecular weight excluding hydrogens is 364 g/mol. The van der Waals surface area contributed by atoms with Crippen molar-refractivity contribution in [3.63, 3.8) is 0 Å². The van der Waals surface area contributed by atoms with Crippen LogP contribution in [0.2, 0.25) is 0 Å². The quantitative estimate of drug-likeness (QED) is 0.563. The molecule has 0 spiro atoms. The van der Waals surface area contributed by atoms with Gasteiger partial charge in [0.05, 0.1) is 11.4 Å². The highest BCUT2D eigenvalue weighted by atomic mass is 16.2. The molecule has 1 aliphatic heterocycles. The van der Waals surface area contributed by atoms with Gasteiger partial charge in [0.25, 0.3) is 0 Å². The number of nitriles is 1. The fraction of sp³-hybridized carbons (Fsp3) is 0.522. The predicted octanol–water partition coefficient (Wildman–Crippen LogP) is 3.69. The maximum atomic E-state index is 12.8. The molecule has 0 saturated heterocycles. The third-order valence-electron chi connectivity index (χ3n) is 6.35. The van der Waals surface area contributed by atoms with E-state index in [0.717, 1.165) is 43.0 Å². The molecule has 6 nitrogen and oxygen atoms in total. The fourth-order valence-electron chi connectivity index (χ4n) is 4.41. The molecule has 1 amide bonds. The molecule has 1 aliphatic carbocycles. The maximum absolute atomic E-state index is 12.8. The zero-order chi connectivity index (χ0) is 21.1. The van der Waals surface area contributed by atoms with E-state index in [0.29, 0.717) is 5.82 Å². The molecule has 0 N–H and O–H groups in total. The molecule has 6 heteroatoms. The number of anilines is 2. The number of amides is 1. The molecule has 3 rings (SSSR count). The first kappa shape index (κ1) is 20.9. The van der Waals surface area contributed by atoms with E-state index in [1.807, 2.05) is 60.1 Å². The van der Waals surface area contributed by atoms with Crippen molar-refractivity contribution >= 4 is 23.1 Å². The summed E-state index contributed by atoms with van der Waals surface area (Å²) >= 11 is 0. The van der Waals surface area contributed by atoms with Crippen LogP contribution in [0, 0.1) is 17.2 Å². The van der Waals surface area contributed by atoms with Gasteiger partial charge in [-0.25, -0.2) is 0 Å². The Balaban J connectivity index is 1.67. The second-order valence-electron chi connectivity index (χ2n) is 8.26. The number of para-hydroxylation sites is 2. The lowest BCUT2D eigenvalue weighted by atomic mass is 9.86. The van der Waals surface area contributed by atoms with Crippen molar-refractivity contribution in [3.8, 4) is 6.07 Å². The summed E-state index contributed by atoms with van der Waals surface area (Å²) in [7, 11) is 5.54. The zero-order valence-corrected chi connectivity index (χ0v) is 17.8. The smallest absolute Gasteiger partial charge is 0.223 e. The Morgan fingerprint density at radius 2 is 1.62 bits per heavy atom. The van der Waals surface area contributed by atoms with E-state index in [9.17, 15) is 14.9 Å². The first-order chi connectivity index (χ1) is 13.8. The molecule has 0 aromatic heterocycles. The van der Waals surface area contributed by atoms with Gasteiger partial charge in [-0.1, -0.05) is 19.1 Å². The Morgan fingerprint density at radius 3 is 2.14 bits per heavy atom. The molecule has 154 valence electrons. The molecule has 1 aromatic rings. The van der Waals surface area contributed by atoms with Crippen molar-refractivity contribution in [2.45, 2.75) is 51.5 Å². The Morgan fingerprint density at radius 1 is 1.07 bits per heavy atom. The molecule has 2 aliphatic rings. The molecule has 1 aromatic carbocycles. The van der Waals surface area contributed by atoms with E-state index in [1.165, 1.54) is 0 Å². The fourth-order valence-corrected chi connectivity index (χ4v) is 4.41. The van der Waals surface area contributed by atoms with E-state index in [2.05, 4.69) is 13.0 Å². The van der Waals surface area contributed by atoms with Gasteiger partial charge in [0.15, 0.2) is 5.78 Å². The summed E-state index contributed by atoms with van der Waals surface area (Å²) in [6.45, 7) is 2.25. The SMILES string of the molecule is CC1CCC(N(C)C(=O)CCC(=O)C(C#N)=C2N(C)c3ccccc3N2C)CC1. The van der Waals surface area contributed by atoms with Crippen LogP contribution in [0.25, 0.3) is 0 Å². The summed E-state index contributed by atoms with van der Waals surface area (Å²) in [6, 6.07) is 10.1. The number of Topliss-reactive ketones (excluding diaryl/α,β-unsaturated/α-hetero) is 1. The monoisotopic (exact) mass is 394 g/mol. The van der Waals surface area contributed by atoms with Crippen molar-refractivity contribution in [3.05, 3.63) is 35.7 Å². The minimum Gasteiger partial charge on any atom is -0.343 e. The number of carbonyl (C=O) groups is 2. The lowest BCUT2D eigenvalue weighted by Crippen LogP contribution is -2.39. The van der Waals surface area contributed by atoms with E-state index in [4.69, 9.17) is 0 Å². The lowest BCUT2D eigenvalue weighted by Gasteiger charge is -2.33. The molecule has 29 heavy (non-hydrogen) atoms. The highest BCUT2D eigenvalue weighted by Gasteiger charge is 2.31. The van der Waals surface area contributed by atoms with Gasteiger partial charge in [0, 0.05) is 40.0 Å². The van der Waals surface area contributed by atoms with E-state index < -0.39 is 0 Å². The second-order valence-corrected chi connectivity index (χ2v) is 8.26. The van der Waals surface area contributed by atoms with Crippen molar-refractivity contribution in [2.24, 2.45) is 5.92 Å². The number of carbonyl (C=O) groups excluding carboxylic acids is 2. The summed E-state index contributed by atoms with van der Waals surface area (Å²) < 4.78 is 0. The molecule has 1 fully saturated rings. The van der Waals surface area contributed by atoms with Crippen LogP contribution in [-0.4, -0.2) is 43.8 Å². The first-order valence-corrected chi connectivity index (χ1v) is 10.3. The highest BCUT2D eigenvalue weighted by molar-refractivity contribution is 6.03. The van der Waals surface area contributed by atoms with E-state index in [1.54, 1.807) is 0 Å². The maximum Gasteiger partial charge on any atom is 0.223 e. The Hall–Kier alpha value is -2.81. The summed E-state index contributed by atoms with van der Waals surface area (Å²) in [4.78, 5) is 31.0. The summed E-state index contributed by atoms with van der Waals surface area (Å²) in [5.74, 6) is 0.996. The van der Waals surface area contributed by atoms with Gasteiger partial charge in [0.1, 0.15) is 17.5 Å². The average molecular weight is 395 g/mol. The van der Waals surface area contributed by atoms with Crippen molar-refractivity contribution in [1.29, 1.82) is 5.26 Å². The van der Waals surface area contributed by atoms with Gasteiger partial charge in [-0.3, -0.25) is 9.59 Å². The minimum atomic E-state index is -0.284. The summed E-state index contributed by atoms with van der Waals surface area (Å²) in [6.07, 6.45) is 4.53. The van der Waals surface area contributed by atoms with Crippen LogP contribution in [0.4, 0.5) is 11.4 Å². The number of rotatable bonds is 5. The molecule has 1 heterocycles. The van der Waals surface area contributed by atoms with Gasteiger partial charge in [-0.05, 0) is 43.7 Å². The summed E-state index contributed by atoms with van der Waals surface area (Å²) in [5.41, 5.74) is 2.01. The minimum absolute atomic E-state index is 0.0170.